The van der Waals surface area contributed by atoms with Crippen molar-refractivity contribution in [2.45, 2.75) is 32.1 Å². The van der Waals surface area contributed by atoms with Gasteiger partial charge in [0, 0.05) is 30.6 Å². The first kappa shape index (κ1) is 12.2. The molecule has 0 radical (unpaired) electrons. The van der Waals surface area contributed by atoms with Gasteiger partial charge in [-0.2, -0.15) is 5.10 Å². The standard InChI is InChI=1S/C15H20N4/c1-11(2)14-16-15(18-17-14)12-8-9-19(10-12)13-6-4-3-5-7-13/h3-7,11-12H,8-10H2,1-2H3,(H,16,17,18). The molecule has 1 saturated heterocycles. The van der Waals surface area contributed by atoms with Crippen molar-refractivity contribution in [2.75, 3.05) is 18.0 Å². The topological polar surface area (TPSA) is 44.8 Å². The van der Waals surface area contributed by atoms with E-state index in [0.29, 0.717) is 11.8 Å². The van der Waals surface area contributed by atoms with Gasteiger partial charge in [0.25, 0.3) is 0 Å². The first-order chi connectivity index (χ1) is 9.24. The summed E-state index contributed by atoms with van der Waals surface area (Å²) < 4.78 is 0. The van der Waals surface area contributed by atoms with Crippen molar-refractivity contribution in [2.24, 2.45) is 0 Å². The van der Waals surface area contributed by atoms with Gasteiger partial charge >= 0.3 is 0 Å². The molecular weight excluding hydrogens is 236 g/mol. The number of benzene rings is 1. The Morgan fingerprint density at radius 2 is 2.05 bits per heavy atom. The molecule has 0 bridgehead atoms. The van der Waals surface area contributed by atoms with E-state index in [2.05, 4.69) is 64.3 Å². The Morgan fingerprint density at radius 3 is 2.74 bits per heavy atom. The Bertz CT molecular complexity index is 532. The molecule has 1 aliphatic rings. The lowest BCUT2D eigenvalue weighted by atomic mass is 10.1. The molecule has 2 heterocycles. The highest BCUT2D eigenvalue weighted by molar-refractivity contribution is 5.47. The lowest BCUT2D eigenvalue weighted by Gasteiger charge is -2.17. The molecule has 1 N–H and O–H groups in total. The summed E-state index contributed by atoms with van der Waals surface area (Å²) >= 11 is 0. The zero-order valence-corrected chi connectivity index (χ0v) is 11.5. The van der Waals surface area contributed by atoms with Gasteiger partial charge in [-0.15, -0.1) is 0 Å². The van der Waals surface area contributed by atoms with Crippen LogP contribution in [-0.4, -0.2) is 28.3 Å². The Balaban J connectivity index is 1.71. The van der Waals surface area contributed by atoms with E-state index in [1.54, 1.807) is 0 Å². The summed E-state index contributed by atoms with van der Waals surface area (Å²) in [6, 6.07) is 10.6. The van der Waals surface area contributed by atoms with Crippen molar-refractivity contribution < 1.29 is 0 Å². The molecule has 2 aromatic rings. The molecule has 0 spiro atoms. The van der Waals surface area contributed by atoms with Crippen molar-refractivity contribution >= 4 is 5.69 Å². The maximum absolute atomic E-state index is 4.63. The van der Waals surface area contributed by atoms with Crippen LogP contribution >= 0.6 is 0 Å². The average Bonchev–Trinajstić information content (AvgIpc) is 3.09. The highest BCUT2D eigenvalue weighted by Crippen LogP contribution is 2.29. The first-order valence-electron chi connectivity index (χ1n) is 6.96. The fourth-order valence-electron chi connectivity index (χ4n) is 2.59. The molecule has 0 aliphatic carbocycles. The minimum Gasteiger partial charge on any atom is -0.371 e. The van der Waals surface area contributed by atoms with E-state index in [0.717, 1.165) is 31.2 Å². The van der Waals surface area contributed by atoms with Crippen LogP contribution in [0.15, 0.2) is 30.3 Å². The summed E-state index contributed by atoms with van der Waals surface area (Å²) in [5, 5.41) is 7.42. The lowest BCUT2D eigenvalue weighted by Crippen LogP contribution is -2.19. The van der Waals surface area contributed by atoms with E-state index >= 15 is 0 Å². The van der Waals surface area contributed by atoms with Crippen LogP contribution in [0.25, 0.3) is 0 Å². The number of nitrogens with zero attached hydrogens (tertiary/aromatic N) is 3. The second-order valence-electron chi connectivity index (χ2n) is 5.50. The normalized spacial score (nSPS) is 19.3. The SMILES string of the molecule is CC(C)c1n[nH]c(C2CCN(c3ccccc3)C2)n1. The number of H-pyrrole nitrogens is 1. The van der Waals surface area contributed by atoms with E-state index in [4.69, 9.17) is 0 Å². The quantitative estimate of drug-likeness (QED) is 0.918. The van der Waals surface area contributed by atoms with Gasteiger partial charge < -0.3 is 4.90 Å². The van der Waals surface area contributed by atoms with E-state index in [-0.39, 0.29) is 0 Å². The third-order valence-electron chi connectivity index (χ3n) is 3.73. The summed E-state index contributed by atoms with van der Waals surface area (Å²) in [5.41, 5.74) is 1.30. The van der Waals surface area contributed by atoms with Crippen LogP contribution in [0.3, 0.4) is 0 Å². The minimum atomic E-state index is 0.386. The maximum atomic E-state index is 4.63. The average molecular weight is 256 g/mol. The Morgan fingerprint density at radius 1 is 1.26 bits per heavy atom. The monoisotopic (exact) mass is 256 g/mol. The van der Waals surface area contributed by atoms with Gasteiger partial charge in [0.2, 0.25) is 0 Å². The smallest absolute Gasteiger partial charge is 0.153 e. The molecule has 3 rings (SSSR count). The predicted molar refractivity (Wildman–Crippen MR) is 76.5 cm³/mol. The van der Waals surface area contributed by atoms with Crippen molar-refractivity contribution in [1.82, 2.24) is 15.2 Å². The molecule has 4 nitrogen and oxygen atoms in total. The third-order valence-corrected chi connectivity index (χ3v) is 3.73. The van der Waals surface area contributed by atoms with Gasteiger partial charge in [-0.1, -0.05) is 32.0 Å². The third kappa shape index (κ3) is 2.48. The summed E-state index contributed by atoms with van der Waals surface area (Å²) in [4.78, 5) is 7.05. The lowest BCUT2D eigenvalue weighted by molar-refractivity contribution is 0.712. The molecule has 0 saturated carbocycles. The number of rotatable bonds is 3. The summed E-state index contributed by atoms with van der Waals surface area (Å²) in [6.07, 6.45) is 1.14. The van der Waals surface area contributed by atoms with Gasteiger partial charge in [-0.3, -0.25) is 5.10 Å². The number of aromatic amines is 1. The second-order valence-corrected chi connectivity index (χ2v) is 5.50. The van der Waals surface area contributed by atoms with Crippen LogP contribution in [0.1, 0.15) is 43.8 Å². The van der Waals surface area contributed by atoms with Gasteiger partial charge in [0.15, 0.2) is 5.82 Å². The van der Waals surface area contributed by atoms with E-state index in [9.17, 15) is 0 Å². The molecule has 1 fully saturated rings. The van der Waals surface area contributed by atoms with Crippen LogP contribution in [0.2, 0.25) is 0 Å². The molecule has 1 unspecified atom stereocenters. The van der Waals surface area contributed by atoms with Crippen LogP contribution in [0, 0.1) is 0 Å². The first-order valence-corrected chi connectivity index (χ1v) is 6.96. The minimum absolute atomic E-state index is 0.386. The molecule has 19 heavy (non-hydrogen) atoms. The summed E-state index contributed by atoms with van der Waals surface area (Å²) in [7, 11) is 0. The molecular formula is C15H20N4. The fraction of sp³-hybridized carbons (Fsp3) is 0.467. The number of para-hydroxylation sites is 1. The molecule has 1 aromatic heterocycles. The van der Waals surface area contributed by atoms with Gasteiger partial charge in [0.05, 0.1) is 0 Å². The number of nitrogens with one attached hydrogen (secondary N) is 1. The Hall–Kier alpha value is -1.84. The van der Waals surface area contributed by atoms with Crippen LogP contribution in [-0.2, 0) is 0 Å². The summed E-state index contributed by atoms with van der Waals surface area (Å²) in [6.45, 7) is 6.36. The highest BCUT2D eigenvalue weighted by atomic mass is 15.2. The zero-order valence-electron chi connectivity index (χ0n) is 11.5. The second kappa shape index (κ2) is 5.03. The van der Waals surface area contributed by atoms with Crippen molar-refractivity contribution in [3.05, 3.63) is 42.0 Å². The van der Waals surface area contributed by atoms with Crippen molar-refractivity contribution in [3.63, 3.8) is 0 Å². The van der Waals surface area contributed by atoms with Gasteiger partial charge in [0.1, 0.15) is 5.82 Å². The number of anilines is 1. The molecule has 4 heteroatoms. The number of hydrogen-bond acceptors (Lipinski definition) is 3. The molecule has 0 amide bonds. The Kier molecular flexibility index (Phi) is 3.23. The maximum Gasteiger partial charge on any atom is 0.153 e. The van der Waals surface area contributed by atoms with Crippen LogP contribution in [0.4, 0.5) is 5.69 Å². The number of aromatic nitrogens is 3. The molecule has 100 valence electrons. The highest BCUT2D eigenvalue weighted by Gasteiger charge is 2.26. The van der Waals surface area contributed by atoms with Crippen LogP contribution < -0.4 is 4.90 Å². The van der Waals surface area contributed by atoms with Gasteiger partial charge in [-0.05, 0) is 18.6 Å². The van der Waals surface area contributed by atoms with Crippen LogP contribution in [0.5, 0.6) is 0 Å². The number of hydrogen-bond donors (Lipinski definition) is 1. The molecule has 1 atom stereocenters. The molecule has 1 aliphatic heterocycles. The zero-order chi connectivity index (χ0) is 13.2. The fourth-order valence-corrected chi connectivity index (χ4v) is 2.59. The molecule has 1 aromatic carbocycles. The van der Waals surface area contributed by atoms with Crippen molar-refractivity contribution in [1.29, 1.82) is 0 Å². The van der Waals surface area contributed by atoms with E-state index in [1.165, 1.54) is 5.69 Å². The Labute approximate surface area is 113 Å². The van der Waals surface area contributed by atoms with Gasteiger partial charge in [-0.25, -0.2) is 4.98 Å². The largest absolute Gasteiger partial charge is 0.371 e. The predicted octanol–water partition coefficient (Wildman–Crippen LogP) is 2.92. The van der Waals surface area contributed by atoms with E-state index < -0.39 is 0 Å². The van der Waals surface area contributed by atoms with Crippen molar-refractivity contribution in [3.8, 4) is 0 Å². The summed E-state index contributed by atoms with van der Waals surface area (Å²) in [5.74, 6) is 2.83. The van der Waals surface area contributed by atoms with E-state index in [1.807, 2.05) is 0 Å².